The first-order valence-corrected chi connectivity index (χ1v) is 6.94. The van der Waals surface area contributed by atoms with Crippen LogP contribution in [0.15, 0.2) is 0 Å². The van der Waals surface area contributed by atoms with Crippen LogP contribution in [0.2, 0.25) is 5.02 Å². The topological polar surface area (TPSA) is 29.9 Å². The molecule has 0 bridgehead atoms. The monoisotopic (exact) mass is 255 g/mol. The fraction of sp³-hybridized carbons (Fsp3) is 0.769. The first-order valence-electron chi connectivity index (χ1n) is 6.57. The van der Waals surface area contributed by atoms with E-state index in [1.807, 2.05) is 11.6 Å². The van der Waals surface area contributed by atoms with E-state index < -0.39 is 0 Å². The van der Waals surface area contributed by atoms with Crippen LogP contribution in [0.25, 0.3) is 0 Å². The van der Waals surface area contributed by atoms with E-state index in [2.05, 4.69) is 24.3 Å². The van der Waals surface area contributed by atoms with E-state index >= 15 is 0 Å². The molecular formula is C13H22ClN3. The number of rotatable bonds is 4. The molecule has 1 aliphatic rings. The quantitative estimate of drug-likeness (QED) is 0.896. The van der Waals surface area contributed by atoms with Crippen molar-refractivity contribution in [3.05, 3.63) is 16.4 Å². The standard InChI is InChI=1S/C13H22ClN3/c1-4-17-12(13(14)10(3)16-17)8-15-11-6-5-9(2)7-11/h9,11,15H,4-8H2,1-3H3. The molecule has 1 saturated carbocycles. The van der Waals surface area contributed by atoms with Crippen molar-refractivity contribution >= 4 is 11.6 Å². The summed E-state index contributed by atoms with van der Waals surface area (Å²) in [6, 6.07) is 0.654. The zero-order valence-electron chi connectivity index (χ0n) is 11.0. The van der Waals surface area contributed by atoms with Crippen LogP contribution < -0.4 is 5.32 Å². The Hall–Kier alpha value is -0.540. The largest absolute Gasteiger partial charge is 0.308 e. The third kappa shape index (κ3) is 2.83. The first kappa shape index (κ1) is 12.9. The van der Waals surface area contributed by atoms with Crippen LogP contribution in [0.4, 0.5) is 0 Å². The molecule has 1 N–H and O–H groups in total. The van der Waals surface area contributed by atoms with Gasteiger partial charge in [0.05, 0.1) is 16.4 Å². The molecule has 0 radical (unpaired) electrons. The summed E-state index contributed by atoms with van der Waals surface area (Å²) in [5.74, 6) is 0.862. The summed E-state index contributed by atoms with van der Waals surface area (Å²) in [7, 11) is 0. The number of nitrogens with one attached hydrogen (secondary N) is 1. The second-order valence-electron chi connectivity index (χ2n) is 5.16. The molecule has 0 spiro atoms. The molecular weight excluding hydrogens is 234 g/mol. The van der Waals surface area contributed by atoms with Gasteiger partial charge in [0.2, 0.25) is 0 Å². The highest BCUT2D eigenvalue weighted by atomic mass is 35.5. The maximum atomic E-state index is 6.28. The van der Waals surface area contributed by atoms with E-state index in [9.17, 15) is 0 Å². The molecule has 0 aromatic carbocycles. The number of aryl methyl sites for hydroxylation is 2. The number of hydrogen-bond acceptors (Lipinski definition) is 2. The normalized spacial score (nSPS) is 24.5. The van der Waals surface area contributed by atoms with Crippen molar-refractivity contribution in [3.8, 4) is 0 Å². The van der Waals surface area contributed by atoms with Crippen molar-refractivity contribution in [1.82, 2.24) is 15.1 Å². The molecule has 1 aromatic rings. The van der Waals surface area contributed by atoms with E-state index in [4.69, 9.17) is 11.6 Å². The molecule has 96 valence electrons. The molecule has 2 unspecified atom stereocenters. The Labute approximate surface area is 109 Å². The van der Waals surface area contributed by atoms with Crippen molar-refractivity contribution < 1.29 is 0 Å². The Bertz CT molecular complexity index is 386. The van der Waals surface area contributed by atoms with Crippen molar-refractivity contribution in [2.24, 2.45) is 5.92 Å². The number of hydrogen-bond donors (Lipinski definition) is 1. The summed E-state index contributed by atoms with van der Waals surface area (Å²) in [4.78, 5) is 0. The van der Waals surface area contributed by atoms with E-state index in [0.717, 1.165) is 35.4 Å². The third-order valence-corrected chi connectivity index (χ3v) is 4.20. The molecule has 0 aliphatic heterocycles. The van der Waals surface area contributed by atoms with Gasteiger partial charge in [-0.3, -0.25) is 4.68 Å². The average molecular weight is 256 g/mol. The van der Waals surface area contributed by atoms with Crippen LogP contribution in [0.1, 0.15) is 44.5 Å². The van der Waals surface area contributed by atoms with Crippen LogP contribution in [0.5, 0.6) is 0 Å². The molecule has 0 amide bonds. The smallest absolute Gasteiger partial charge is 0.0860 e. The third-order valence-electron chi connectivity index (χ3n) is 3.71. The van der Waals surface area contributed by atoms with Gasteiger partial charge in [-0.15, -0.1) is 0 Å². The molecule has 17 heavy (non-hydrogen) atoms. The molecule has 4 heteroatoms. The molecule has 2 rings (SSSR count). The highest BCUT2D eigenvalue weighted by Crippen LogP contribution is 2.26. The Morgan fingerprint density at radius 2 is 2.24 bits per heavy atom. The second kappa shape index (κ2) is 5.40. The van der Waals surface area contributed by atoms with Gasteiger partial charge in [0.15, 0.2) is 0 Å². The minimum Gasteiger partial charge on any atom is -0.308 e. The Morgan fingerprint density at radius 1 is 1.47 bits per heavy atom. The van der Waals surface area contributed by atoms with Gasteiger partial charge in [-0.25, -0.2) is 0 Å². The van der Waals surface area contributed by atoms with Crippen molar-refractivity contribution in [1.29, 1.82) is 0 Å². The SMILES string of the molecule is CCn1nc(C)c(Cl)c1CNC1CCC(C)C1. The van der Waals surface area contributed by atoms with Gasteiger partial charge >= 0.3 is 0 Å². The highest BCUT2D eigenvalue weighted by molar-refractivity contribution is 6.31. The molecule has 0 saturated heterocycles. The fourth-order valence-corrected chi connectivity index (χ4v) is 2.87. The molecule has 1 aromatic heterocycles. The van der Waals surface area contributed by atoms with Gasteiger partial charge in [-0.2, -0.15) is 5.10 Å². The van der Waals surface area contributed by atoms with Gasteiger partial charge in [0.1, 0.15) is 0 Å². The summed E-state index contributed by atoms with van der Waals surface area (Å²) in [5, 5.41) is 8.87. The van der Waals surface area contributed by atoms with E-state index in [0.29, 0.717) is 6.04 Å². The predicted octanol–water partition coefficient (Wildman–Crippen LogP) is 3.14. The van der Waals surface area contributed by atoms with Crippen LogP contribution in [-0.4, -0.2) is 15.8 Å². The molecule has 3 nitrogen and oxygen atoms in total. The van der Waals surface area contributed by atoms with Gasteiger partial charge in [0, 0.05) is 19.1 Å². The van der Waals surface area contributed by atoms with E-state index in [1.54, 1.807) is 0 Å². The fourth-order valence-electron chi connectivity index (χ4n) is 2.67. The van der Waals surface area contributed by atoms with Gasteiger partial charge < -0.3 is 5.32 Å². The van der Waals surface area contributed by atoms with Gasteiger partial charge in [-0.1, -0.05) is 18.5 Å². The van der Waals surface area contributed by atoms with Crippen molar-refractivity contribution in [2.75, 3.05) is 0 Å². The average Bonchev–Trinajstić information content (AvgIpc) is 2.83. The van der Waals surface area contributed by atoms with Crippen molar-refractivity contribution in [3.63, 3.8) is 0 Å². The van der Waals surface area contributed by atoms with Crippen LogP contribution in [0, 0.1) is 12.8 Å². The Morgan fingerprint density at radius 3 is 2.82 bits per heavy atom. The zero-order chi connectivity index (χ0) is 12.4. The maximum Gasteiger partial charge on any atom is 0.0860 e. The molecule has 1 fully saturated rings. The molecule has 1 aliphatic carbocycles. The minimum atomic E-state index is 0.654. The van der Waals surface area contributed by atoms with Crippen LogP contribution >= 0.6 is 11.6 Å². The first-order chi connectivity index (χ1) is 8.11. The lowest BCUT2D eigenvalue weighted by Crippen LogP contribution is -2.27. The second-order valence-corrected chi connectivity index (χ2v) is 5.54. The van der Waals surface area contributed by atoms with Crippen LogP contribution in [0.3, 0.4) is 0 Å². The summed E-state index contributed by atoms with van der Waals surface area (Å²) < 4.78 is 2.00. The van der Waals surface area contributed by atoms with Crippen LogP contribution in [-0.2, 0) is 13.1 Å². The number of halogens is 1. The van der Waals surface area contributed by atoms with E-state index in [-0.39, 0.29) is 0 Å². The summed E-state index contributed by atoms with van der Waals surface area (Å²) in [5.41, 5.74) is 2.07. The van der Waals surface area contributed by atoms with E-state index in [1.165, 1.54) is 19.3 Å². The lowest BCUT2D eigenvalue weighted by atomic mass is 10.1. The number of aromatic nitrogens is 2. The van der Waals surface area contributed by atoms with Gasteiger partial charge in [0.25, 0.3) is 0 Å². The predicted molar refractivity (Wildman–Crippen MR) is 71.3 cm³/mol. The summed E-state index contributed by atoms with van der Waals surface area (Å²) in [6.07, 6.45) is 3.92. The van der Waals surface area contributed by atoms with Crippen molar-refractivity contribution in [2.45, 2.75) is 59.2 Å². The lowest BCUT2D eigenvalue weighted by Gasteiger charge is -2.13. The molecule has 1 heterocycles. The van der Waals surface area contributed by atoms with Gasteiger partial charge in [-0.05, 0) is 39.0 Å². The molecule has 2 atom stereocenters. The Balaban J connectivity index is 1.98. The summed E-state index contributed by atoms with van der Waals surface area (Å²) in [6.45, 7) is 8.12. The summed E-state index contributed by atoms with van der Waals surface area (Å²) >= 11 is 6.28. The zero-order valence-corrected chi connectivity index (χ0v) is 11.7. The lowest BCUT2D eigenvalue weighted by molar-refractivity contribution is 0.483. The number of nitrogens with zero attached hydrogens (tertiary/aromatic N) is 2. The maximum absolute atomic E-state index is 6.28. The Kier molecular flexibility index (Phi) is 4.10. The highest BCUT2D eigenvalue weighted by Gasteiger charge is 2.21. The minimum absolute atomic E-state index is 0.654.